The van der Waals surface area contributed by atoms with Crippen LogP contribution in [0.15, 0.2) is 76.0 Å². The third-order valence-electron chi connectivity index (χ3n) is 21.3. The van der Waals surface area contributed by atoms with Crippen molar-refractivity contribution in [2.75, 3.05) is 26.2 Å². The van der Waals surface area contributed by atoms with Crippen LogP contribution in [0.2, 0.25) is 0 Å². The number of aliphatic hydroxyl groups excluding tert-OH is 2. The van der Waals surface area contributed by atoms with E-state index in [1.54, 1.807) is 48.5 Å². The average molecular weight is 1900 g/mol. The van der Waals surface area contributed by atoms with E-state index >= 15 is 9.59 Å². The van der Waals surface area contributed by atoms with Gasteiger partial charge in [-0.3, -0.25) is 91.7 Å². The van der Waals surface area contributed by atoms with Crippen LogP contribution >= 0.6 is 0 Å². The van der Waals surface area contributed by atoms with Gasteiger partial charge in [-0.25, -0.2) is 9.78 Å². The summed E-state index contributed by atoms with van der Waals surface area (Å²) in [6, 6.07) is -13.2. The van der Waals surface area contributed by atoms with Gasteiger partial charge in [0.2, 0.25) is 94.5 Å². The molecule has 0 radical (unpaired) electrons. The Morgan fingerprint density at radius 1 is 0.385 bits per heavy atom. The first-order chi connectivity index (χ1) is 63.5. The van der Waals surface area contributed by atoms with Gasteiger partial charge in [-0.15, -0.1) is 0 Å². The summed E-state index contributed by atoms with van der Waals surface area (Å²) >= 11 is 0. The zero-order valence-corrected chi connectivity index (χ0v) is 77.6. The number of nitrogens with zero attached hydrogens (tertiary/aromatic N) is 4. The van der Waals surface area contributed by atoms with E-state index in [4.69, 9.17) is 51.6 Å². The molecule has 0 aliphatic rings. The fraction of sp³-hybridized carbons (Fsp3) is 0.588. The van der Waals surface area contributed by atoms with Crippen LogP contribution in [-0.2, 0) is 101 Å². The summed E-state index contributed by atoms with van der Waals surface area (Å²) in [7, 11) is 0. The third kappa shape index (κ3) is 43.0. The molecule has 0 bridgehead atoms. The van der Waals surface area contributed by atoms with Crippen LogP contribution in [0.25, 0.3) is 0 Å². The number of H-pyrrole nitrogens is 1. The summed E-state index contributed by atoms with van der Waals surface area (Å²) < 4.78 is 0. The minimum atomic E-state index is -1.96. The standard InChI is InChI=1S/C85H138N28O22/c1-11-43(7)65(111-78(130)59(34-47-19-23-50(116)24-20-47)107-75(127)60(36-49-38-95-40-99-49)108-71(123)53(16-13-29-96-83(89)90)102-74(126)57(32-41(3)4)105-68(120)45(9)100-69(121)52(86)39-114)79(131)109-61(37-64(88)119)76(128)106-58(33-42(5)6)77(129)112-66(44(8)12-2)80(132)113-67(46(10)115)81(133)104-55(18-15-31-98-85(93)94)70(122)103-56(27-28-63(87)118)73(125)101-54(17-14-30-97-84(91)92)72(124)110-62(82(134)135)35-48-21-25-51(117)26-22-48/h19-26,38,40-46,52-62,65-67,114-117H,11-18,27-37,39,86H2,1-10H3,(H2,87,118)(H2,88,119)(H,95,99)(H,100,121)(H,101,125)(H,102,126)(H,103,122)(H,104,133)(H,105,120)(H,106,128)(H,107,127)(H,108,123)(H,109,131)(H,110,124)(H,111,130)(H,112,129)(H,113,132)(H,134,135)(H4,89,90,96)(H4,91,92,97)(H4,93,94,98). The number of aromatic hydroxyl groups is 2. The number of amides is 16. The number of carbonyl (C=O) groups excluding carboxylic acids is 16. The smallest absolute Gasteiger partial charge is 0.326 e. The molecular formula is C85H138N28O22. The number of nitrogens with two attached hydrogens (primary N) is 9. The number of primary amides is 2. The number of hydrogen-bond acceptors (Lipinski definition) is 26. The third-order valence-corrected chi connectivity index (χ3v) is 21.3. The van der Waals surface area contributed by atoms with Gasteiger partial charge in [-0.2, -0.15) is 0 Å². The van der Waals surface area contributed by atoms with Crippen LogP contribution in [0.5, 0.6) is 11.5 Å². The number of aliphatic imine (C=N–C) groups is 3. The van der Waals surface area contributed by atoms with E-state index in [2.05, 4.69) is 99.4 Å². The van der Waals surface area contributed by atoms with Crippen molar-refractivity contribution >= 4 is 118 Å². The molecule has 2 aromatic carbocycles. The zero-order chi connectivity index (χ0) is 102. The number of hydrogen-bond donors (Lipinski definition) is 29. The summed E-state index contributed by atoms with van der Waals surface area (Å²) in [5.74, 6) is -21.6. The van der Waals surface area contributed by atoms with Gasteiger partial charge in [0.05, 0.1) is 31.2 Å². The van der Waals surface area contributed by atoms with Gasteiger partial charge >= 0.3 is 5.97 Å². The first-order valence-corrected chi connectivity index (χ1v) is 44.3. The zero-order valence-electron chi connectivity index (χ0n) is 77.6. The SMILES string of the molecule is CCC(C)C(NC(=O)C(Cc1ccc(O)cc1)NC(=O)C(Cc1c[nH]cn1)NC(=O)C(CCCN=C(N)N)NC(=O)C(CC(C)C)NC(=O)C(C)NC(=O)C(N)CO)C(=O)NC(CC(N)=O)C(=O)NC(CC(C)C)C(=O)NC(C(=O)NC(C(=O)NC(CCCN=C(N)N)C(=O)NC(CCC(N)=O)C(=O)NC(CCCN=C(N)N)C(=O)NC(Cc1ccc(O)cc1)C(=O)O)C(C)O)C(C)CC. The Bertz CT molecular complexity index is 4530. The molecule has 0 saturated carbocycles. The lowest BCUT2D eigenvalue weighted by atomic mass is 9.95. The first-order valence-electron chi connectivity index (χ1n) is 44.3. The fourth-order valence-electron chi connectivity index (χ4n) is 13.4. The number of carbonyl (C=O) groups is 17. The Labute approximate surface area is 781 Å². The highest BCUT2D eigenvalue weighted by molar-refractivity contribution is 6.02. The van der Waals surface area contributed by atoms with E-state index in [-0.39, 0.29) is 144 Å². The quantitative estimate of drug-likeness (QED) is 0.0142. The van der Waals surface area contributed by atoms with Crippen LogP contribution in [-0.4, -0.2) is 277 Å². The molecule has 135 heavy (non-hydrogen) atoms. The van der Waals surface area contributed by atoms with E-state index < -0.39 is 241 Å². The molecule has 50 nitrogen and oxygen atoms in total. The topological polar surface area (TPSA) is 860 Å². The molecule has 3 aromatic rings. The van der Waals surface area contributed by atoms with E-state index in [9.17, 15) is 97.5 Å². The Morgan fingerprint density at radius 3 is 1.09 bits per heavy atom. The van der Waals surface area contributed by atoms with E-state index in [0.717, 1.165) is 6.92 Å². The van der Waals surface area contributed by atoms with Crippen molar-refractivity contribution in [3.8, 4) is 11.5 Å². The second-order valence-electron chi connectivity index (χ2n) is 33.7. The summed E-state index contributed by atoms with van der Waals surface area (Å²) in [5, 5.41) is 86.3. The molecule has 0 fully saturated rings. The number of benzene rings is 2. The molecular weight excluding hydrogens is 1770 g/mol. The molecule has 3 rings (SSSR count). The van der Waals surface area contributed by atoms with Crippen molar-refractivity contribution in [1.82, 2.24) is 84.4 Å². The number of guanidine groups is 3. The molecule has 38 N–H and O–H groups in total. The van der Waals surface area contributed by atoms with Gasteiger partial charge in [-0.1, -0.05) is 92.5 Å². The number of imidazole rings is 1. The summed E-state index contributed by atoms with van der Waals surface area (Å²) in [6.07, 6.45) is -2.78. The second-order valence-corrected chi connectivity index (χ2v) is 33.7. The van der Waals surface area contributed by atoms with E-state index in [0.29, 0.717) is 11.1 Å². The Hall–Kier alpha value is -14.1. The van der Waals surface area contributed by atoms with Gasteiger partial charge in [0.1, 0.15) is 102 Å². The number of aliphatic carboxylic acids is 1. The number of nitrogens with one attached hydrogen (secondary N) is 15. The Balaban J connectivity index is 2.04. The second kappa shape index (κ2) is 58.7. The van der Waals surface area contributed by atoms with E-state index in [1.807, 2.05) is 0 Å². The number of aliphatic hydroxyl groups is 2. The highest BCUT2D eigenvalue weighted by Crippen LogP contribution is 2.20. The molecule has 750 valence electrons. The molecule has 0 aliphatic carbocycles. The van der Waals surface area contributed by atoms with Crippen molar-refractivity contribution in [3.63, 3.8) is 0 Å². The average Bonchev–Trinajstić information content (AvgIpc) is 1.56. The minimum Gasteiger partial charge on any atom is -0.508 e. The van der Waals surface area contributed by atoms with Crippen LogP contribution in [0, 0.1) is 23.7 Å². The van der Waals surface area contributed by atoms with Gasteiger partial charge in [-0.05, 0) is 131 Å². The number of aromatic nitrogens is 2. The molecule has 18 unspecified atom stereocenters. The van der Waals surface area contributed by atoms with Crippen LogP contribution < -0.4 is 126 Å². The number of carboxylic acids is 1. The van der Waals surface area contributed by atoms with Gasteiger partial charge in [0.15, 0.2) is 17.9 Å². The molecule has 1 aromatic heterocycles. The summed E-state index contributed by atoms with van der Waals surface area (Å²) in [4.78, 5) is 258. The lowest BCUT2D eigenvalue weighted by Crippen LogP contribution is -2.63. The summed E-state index contributed by atoms with van der Waals surface area (Å²) in [6.45, 7) is 14.6. The summed E-state index contributed by atoms with van der Waals surface area (Å²) in [5.41, 5.74) is 51.1. The minimum absolute atomic E-state index is 0.00752. The normalized spacial score (nSPS) is 15.1. The van der Waals surface area contributed by atoms with Gasteiger partial charge < -0.3 is 157 Å². The highest BCUT2D eigenvalue weighted by Gasteiger charge is 2.41. The lowest BCUT2D eigenvalue weighted by molar-refractivity contribution is -0.142. The predicted molar refractivity (Wildman–Crippen MR) is 493 cm³/mol. The van der Waals surface area contributed by atoms with Crippen molar-refractivity contribution < 1.29 is 107 Å². The monoisotopic (exact) mass is 1900 g/mol. The largest absolute Gasteiger partial charge is 0.508 e. The molecule has 0 saturated heterocycles. The molecule has 50 heteroatoms. The Kier molecular flexibility index (Phi) is 50.1. The predicted octanol–water partition coefficient (Wildman–Crippen LogP) is -8.07. The number of carboxylic acid groups (broad SMARTS) is 1. The van der Waals surface area contributed by atoms with Gasteiger partial charge in [0.25, 0.3) is 0 Å². The van der Waals surface area contributed by atoms with Gasteiger partial charge in [0, 0.05) is 51.5 Å². The number of phenolic OH excluding ortho intramolecular Hbond substituents is 2. The molecule has 1 heterocycles. The first kappa shape index (κ1) is 115. The molecule has 0 spiro atoms. The molecule has 16 amide bonds. The lowest BCUT2D eigenvalue weighted by Gasteiger charge is -2.31. The van der Waals surface area contributed by atoms with Crippen molar-refractivity contribution in [2.45, 2.75) is 269 Å². The highest BCUT2D eigenvalue weighted by atomic mass is 16.4. The number of rotatable bonds is 62. The maximum atomic E-state index is 15.1. The Morgan fingerprint density at radius 2 is 0.711 bits per heavy atom. The number of aromatic amines is 1. The molecule has 0 aliphatic heterocycles. The van der Waals surface area contributed by atoms with Crippen molar-refractivity contribution in [1.29, 1.82) is 0 Å². The van der Waals surface area contributed by atoms with Crippen LogP contribution in [0.4, 0.5) is 0 Å². The van der Waals surface area contributed by atoms with Crippen LogP contribution in [0.1, 0.15) is 170 Å². The van der Waals surface area contributed by atoms with E-state index in [1.165, 1.54) is 74.9 Å². The van der Waals surface area contributed by atoms with Crippen LogP contribution in [0.3, 0.4) is 0 Å². The van der Waals surface area contributed by atoms with Crippen molar-refractivity contribution in [3.05, 3.63) is 77.9 Å². The maximum Gasteiger partial charge on any atom is 0.326 e. The number of phenols is 2. The fourth-order valence-corrected chi connectivity index (χ4v) is 13.4. The maximum absolute atomic E-state index is 15.1. The van der Waals surface area contributed by atoms with Crippen molar-refractivity contribution in [2.24, 2.45) is 90.3 Å². The molecule has 18 atom stereocenters.